The summed E-state index contributed by atoms with van der Waals surface area (Å²) in [7, 11) is 0. The molecule has 1 rings (SSSR count). The van der Waals surface area contributed by atoms with Gasteiger partial charge in [-0.15, -0.1) is 0 Å². The number of nitrogens with one attached hydrogen (secondary N) is 1. The van der Waals surface area contributed by atoms with Crippen LogP contribution in [0.5, 0.6) is 0 Å². The van der Waals surface area contributed by atoms with Crippen LogP contribution in [0, 0.1) is 5.92 Å². The van der Waals surface area contributed by atoms with Crippen molar-refractivity contribution >= 4 is 17.6 Å². The van der Waals surface area contributed by atoms with Crippen LogP contribution in [0.15, 0.2) is 18.2 Å². The predicted molar refractivity (Wildman–Crippen MR) is 68.3 cm³/mol. The minimum Gasteiger partial charge on any atom is -0.478 e. The molecule has 0 aliphatic rings. The lowest BCUT2D eigenvalue weighted by molar-refractivity contribution is 0.0696. The molecule has 0 aliphatic heterocycles. The van der Waals surface area contributed by atoms with Crippen molar-refractivity contribution in [3.63, 3.8) is 0 Å². The molecule has 0 spiro atoms. The van der Waals surface area contributed by atoms with E-state index in [2.05, 4.69) is 19.2 Å². The molecule has 98 valence electrons. The summed E-state index contributed by atoms with van der Waals surface area (Å²) in [5, 5.41) is 20.9. The van der Waals surface area contributed by atoms with Crippen LogP contribution in [0.2, 0.25) is 0 Å². The lowest BCUT2D eigenvalue weighted by atomic mass is 10.1. The highest BCUT2D eigenvalue weighted by atomic mass is 16.4. The third-order valence-electron chi connectivity index (χ3n) is 2.53. The van der Waals surface area contributed by atoms with Gasteiger partial charge in [-0.2, -0.15) is 0 Å². The number of hydrogen-bond acceptors (Lipinski definition) is 3. The Hall–Kier alpha value is -2.04. The molecule has 0 amide bonds. The van der Waals surface area contributed by atoms with Gasteiger partial charge < -0.3 is 15.5 Å². The fraction of sp³-hybridized carbons (Fsp3) is 0.385. The summed E-state index contributed by atoms with van der Waals surface area (Å²) in [6.45, 7) is 4.81. The highest BCUT2D eigenvalue weighted by molar-refractivity contribution is 5.98. The molecule has 0 saturated carbocycles. The average Bonchev–Trinajstić information content (AvgIpc) is 2.28. The Kier molecular flexibility index (Phi) is 4.71. The summed E-state index contributed by atoms with van der Waals surface area (Å²) < 4.78 is 0. The molecule has 3 N–H and O–H groups in total. The van der Waals surface area contributed by atoms with E-state index in [1.807, 2.05) is 0 Å². The molecular weight excluding hydrogens is 234 g/mol. The van der Waals surface area contributed by atoms with E-state index >= 15 is 0 Å². The summed E-state index contributed by atoms with van der Waals surface area (Å²) >= 11 is 0. The maximum Gasteiger partial charge on any atom is 0.337 e. The molecule has 0 aliphatic carbocycles. The lowest BCUT2D eigenvalue weighted by Gasteiger charge is -2.11. The Morgan fingerprint density at radius 2 is 1.89 bits per heavy atom. The first-order chi connectivity index (χ1) is 8.41. The first kappa shape index (κ1) is 14.0. The van der Waals surface area contributed by atoms with Gasteiger partial charge >= 0.3 is 11.9 Å². The Labute approximate surface area is 105 Å². The number of rotatable bonds is 6. The van der Waals surface area contributed by atoms with Gasteiger partial charge in [-0.3, -0.25) is 0 Å². The van der Waals surface area contributed by atoms with Crippen molar-refractivity contribution in [2.45, 2.75) is 20.3 Å². The molecule has 0 radical (unpaired) electrons. The minimum absolute atomic E-state index is 0.0151. The van der Waals surface area contributed by atoms with Crippen LogP contribution >= 0.6 is 0 Å². The second-order valence-corrected chi connectivity index (χ2v) is 4.48. The minimum atomic E-state index is -1.13. The second-order valence-electron chi connectivity index (χ2n) is 4.48. The summed E-state index contributed by atoms with van der Waals surface area (Å²) in [4.78, 5) is 21.8. The molecule has 18 heavy (non-hydrogen) atoms. The maximum absolute atomic E-state index is 11.1. The highest BCUT2D eigenvalue weighted by Gasteiger charge is 2.13. The van der Waals surface area contributed by atoms with Gasteiger partial charge in [-0.1, -0.05) is 13.8 Å². The SMILES string of the molecule is CC(C)CCNc1ccc(C(=O)O)cc1C(=O)O. The normalized spacial score (nSPS) is 10.4. The molecule has 0 bridgehead atoms. The quantitative estimate of drug-likeness (QED) is 0.723. The standard InChI is InChI=1S/C13H17NO4/c1-8(2)5-6-14-11-4-3-9(12(15)16)7-10(11)13(17)18/h3-4,7-8,14H,5-6H2,1-2H3,(H,15,16)(H,17,18). The largest absolute Gasteiger partial charge is 0.478 e. The van der Waals surface area contributed by atoms with Crippen LogP contribution in [0.25, 0.3) is 0 Å². The molecule has 0 saturated heterocycles. The monoisotopic (exact) mass is 251 g/mol. The van der Waals surface area contributed by atoms with Crippen molar-refractivity contribution in [2.75, 3.05) is 11.9 Å². The molecule has 1 aromatic rings. The highest BCUT2D eigenvalue weighted by Crippen LogP contribution is 2.18. The van der Waals surface area contributed by atoms with E-state index < -0.39 is 11.9 Å². The van der Waals surface area contributed by atoms with Gasteiger partial charge in [0.2, 0.25) is 0 Å². The number of aromatic carboxylic acids is 2. The van der Waals surface area contributed by atoms with Crippen molar-refractivity contribution in [1.29, 1.82) is 0 Å². The van der Waals surface area contributed by atoms with E-state index in [4.69, 9.17) is 10.2 Å². The van der Waals surface area contributed by atoms with Crippen molar-refractivity contribution in [1.82, 2.24) is 0 Å². The Bertz CT molecular complexity index is 454. The van der Waals surface area contributed by atoms with Crippen LogP contribution < -0.4 is 5.32 Å². The third kappa shape index (κ3) is 3.76. The first-order valence-corrected chi connectivity index (χ1v) is 5.76. The average molecular weight is 251 g/mol. The van der Waals surface area contributed by atoms with Gasteiger partial charge in [0.05, 0.1) is 11.1 Å². The summed E-state index contributed by atoms with van der Waals surface area (Å²) in [6, 6.07) is 4.06. The zero-order valence-electron chi connectivity index (χ0n) is 10.4. The Morgan fingerprint density at radius 3 is 2.39 bits per heavy atom. The van der Waals surface area contributed by atoms with E-state index in [1.54, 1.807) is 0 Å². The van der Waals surface area contributed by atoms with E-state index in [-0.39, 0.29) is 11.1 Å². The van der Waals surface area contributed by atoms with E-state index in [0.717, 1.165) is 6.42 Å². The summed E-state index contributed by atoms with van der Waals surface area (Å²) in [6.07, 6.45) is 0.916. The second kappa shape index (κ2) is 6.05. The Morgan fingerprint density at radius 1 is 1.22 bits per heavy atom. The summed E-state index contributed by atoms with van der Waals surface area (Å²) in [5.41, 5.74) is 0.411. The predicted octanol–water partition coefficient (Wildman–Crippen LogP) is 2.54. The first-order valence-electron chi connectivity index (χ1n) is 5.76. The van der Waals surface area contributed by atoms with Crippen LogP contribution in [0.3, 0.4) is 0 Å². The van der Waals surface area contributed by atoms with Gasteiger partial charge in [0.25, 0.3) is 0 Å². The number of hydrogen-bond donors (Lipinski definition) is 3. The number of carbonyl (C=O) groups is 2. The Balaban J connectivity index is 2.90. The van der Waals surface area contributed by atoms with Gasteiger partial charge in [-0.05, 0) is 30.5 Å². The van der Waals surface area contributed by atoms with Gasteiger partial charge in [0, 0.05) is 12.2 Å². The topological polar surface area (TPSA) is 86.6 Å². The van der Waals surface area contributed by atoms with Gasteiger partial charge in [0.1, 0.15) is 0 Å². The van der Waals surface area contributed by atoms with Crippen molar-refractivity contribution < 1.29 is 19.8 Å². The fourth-order valence-electron chi connectivity index (χ4n) is 1.50. The number of benzene rings is 1. The van der Waals surface area contributed by atoms with Crippen LogP contribution in [0.1, 0.15) is 41.0 Å². The molecule has 5 heteroatoms. The van der Waals surface area contributed by atoms with E-state index in [0.29, 0.717) is 18.2 Å². The molecule has 0 unspecified atom stereocenters. The van der Waals surface area contributed by atoms with E-state index in [9.17, 15) is 9.59 Å². The fourth-order valence-corrected chi connectivity index (χ4v) is 1.50. The van der Waals surface area contributed by atoms with Crippen LogP contribution in [0.4, 0.5) is 5.69 Å². The smallest absolute Gasteiger partial charge is 0.337 e. The lowest BCUT2D eigenvalue weighted by Crippen LogP contribution is -2.10. The molecule has 0 heterocycles. The maximum atomic E-state index is 11.1. The third-order valence-corrected chi connectivity index (χ3v) is 2.53. The molecule has 0 aromatic heterocycles. The number of anilines is 1. The van der Waals surface area contributed by atoms with E-state index in [1.165, 1.54) is 18.2 Å². The zero-order valence-corrected chi connectivity index (χ0v) is 10.4. The van der Waals surface area contributed by atoms with Crippen molar-refractivity contribution in [2.24, 2.45) is 5.92 Å². The van der Waals surface area contributed by atoms with Crippen molar-refractivity contribution in [3.8, 4) is 0 Å². The zero-order chi connectivity index (χ0) is 13.7. The molecular formula is C13H17NO4. The number of carboxylic acids is 2. The molecule has 1 aromatic carbocycles. The van der Waals surface area contributed by atoms with Crippen LogP contribution in [-0.2, 0) is 0 Å². The molecule has 5 nitrogen and oxygen atoms in total. The van der Waals surface area contributed by atoms with Gasteiger partial charge in [0.15, 0.2) is 0 Å². The van der Waals surface area contributed by atoms with Crippen molar-refractivity contribution in [3.05, 3.63) is 29.3 Å². The van der Waals surface area contributed by atoms with Gasteiger partial charge in [-0.25, -0.2) is 9.59 Å². The molecule has 0 fully saturated rings. The number of carboxylic acid groups (broad SMARTS) is 2. The summed E-state index contributed by atoms with van der Waals surface area (Å²) in [5.74, 6) is -1.75. The van der Waals surface area contributed by atoms with Crippen LogP contribution in [-0.4, -0.2) is 28.7 Å². The molecule has 0 atom stereocenters.